The van der Waals surface area contributed by atoms with E-state index in [4.69, 9.17) is 0 Å². The van der Waals surface area contributed by atoms with Crippen molar-refractivity contribution in [3.05, 3.63) is 72.2 Å². The van der Waals surface area contributed by atoms with Crippen molar-refractivity contribution in [2.24, 2.45) is 0 Å². The molecule has 0 saturated carbocycles. The van der Waals surface area contributed by atoms with E-state index in [1.807, 2.05) is 0 Å². The molecule has 2 aromatic rings. The fourth-order valence-corrected chi connectivity index (χ4v) is 2.06. The van der Waals surface area contributed by atoms with Gasteiger partial charge < -0.3 is 0 Å². The second-order valence-corrected chi connectivity index (χ2v) is 3.84. The summed E-state index contributed by atoms with van der Waals surface area (Å²) < 4.78 is 0. The van der Waals surface area contributed by atoms with Crippen molar-refractivity contribution >= 4 is 16.8 Å². The number of hydrogen-bond donors (Lipinski definition) is 0. The third kappa shape index (κ3) is 1.71. The zero-order valence-electron chi connectivity index (χ0n) is 9.40. The second kappa shape index (κ2) is 4.26. The summed E-state index contributed by atoms with van der Waals surface area (Å²) in [6, 6.07) is 12.8. The van der Waals surface area contributed by atoms with Gasteiger partial charge in [0.25, 0.3) is 0 Å². The summed E-state index contributed by atoms with van der Waals surface area (Å²) in [6.07, 6.45) is 6.34. The van der Waals surface area contributed by atoms with Gasteiger partial charge in [-0.3, -0.25) is 0 Å². The monoisotopic (exact) mass is 198 g/mol. The molecule has 2 aromatic carbocycles. The zero-order valence-corrected chi connectivity index (χ0v) is 9.40. The molecule has 0 fully saturated rings. The van der Waals surface area contributed by atoms with E-state index >= 15 is 0 Å². The number of benzene rings is 2. The molecule has 0 aliphatic heterocycles. The molecule has 0 radical (unpaired) electrons. The van der Waals surface area contributed by atoms with E-state index in [0.29, 0.717) is 0 Å². The van der Waals surface area contributed by atoms with Crippen molar-refractivity contribution in [2.75, 3.05) is 0 Å². The average Bonchev–Trinajstić information content (AvgIpc) is 2.28. The number of rotatable bonds is 0. The van der Waals surface area contributed by atoms with Crippen LogP contribution in [0.2, 0.25) is 0 Å². The first-order valence-corrected chi connectivity index (χ1v) is 5.08. The maximum absolute atomic E-state index is 3.95. The largest absolute Gasteiger partial charge is 1.00 e. The molecular formula is C15H11Li. The summed E-state index contributed by atoms with van der Waals surface area (Å²) in [4.78, 5) is 0. The van der Waals surface area contributed by atoms with E-state index in [1.54, 1.807) is 0 Å². The Morgan fingerprint density at radius 1 is 0.938 bits per heavy atom. The normalized spacial score (nSPS) is 12.9. The Labute approximate surface area is 108 Å². The zero-order chi connectivity index (χ0) is 10.3. The average molecular weight is 198 g/mol. The molecule has 72 valence electrons. The summed E-state index contributed by atoms with van der Waals surface area (Å²) >= 11 is 0. The molecule has 0 bridgehead atoms. The topological polar surface area (TPSA) is 0 Å². The summed E-state index contributed by atoms with van der Waals surface area (Å²) in [7, 11) is 0. The molecule has 1 aliphatic rings. The van der Waals surface area contributed by atoms with Gasteiger partial charge in [0, 0.05) is 0 Å². The van der Waals surface area contributed by atoms with Crippen LogP contribution < -0.4 is 18.9 Å². The van der Waals surface area contributed by atoms with Crippen LogP contribution in [0, 0.1) is 6.42 Å². The molecule has 0 saturated heterocycles. The fraction of sp³-hybridized carbons (Fsp3) is 0. The van der Waals surface area contributed by atoms with Crippen molar-refractivity contribution < 1.29 is 18.9 Å². The van der Waals surface area contributed by atoms with Gasteiger partial charge in [0.2, 0.25) is 0 Å². The Balaban J connectivity index is 0.000000963. The first kappa shape index (κ1) is 11.1. The van der Waals surface area contributed by atoms with Crippen LogP contribution in [0.4, 0.5) is 0 Å². The van der Waals surface area contributed by atoms with E-state index in [-0.39, 0.29) is 18.9 Å². The summed E-state index contributed by atoms with van der Waals surface area (Å²) in [5.41, 5.74) is 3.64. The van der Waals surface area contributed by atoms with E-state index in [9.17, 15) is 0 Å². The van der Waals surface area contributed by atoms with E-state index in [2.05, 4.69) is 61.5 Å². The van der Waals surface area contributed by atoms with E-state index < -0.39 is 0 Å². The van der Waals surface area contributed by atoms with E-state index in [0.717, 1.165) is 5.57 Å². The second-order valence-electron chi connectivity index (χ2n) is 3.84. The number of fused-ring (bicyclic) bond motifs is 3. The number of allylic oxidation sites excluding steroid dienone is 2. The minimum atomic E-state index is 0. The number of hydrogen-bond acceptors (Lipinski definition) is 0. The van der Waals surface area contributed by atoms with Crippen molar-refractivity contribution in [2.45, 2.75) is 0 Å². The molecule has 0 unspecified atom stereocenters. The van der Waals surface area contributed by atoms with Crippen molar-refractivity contribution in [3.63, 3.8) is 0 Å². The summed E-state index contributed by atoms with van der Waals surface area (Å²) in [6.45, 7) is 3.95. The van der Waals surface area contributed by atoms with Gasteiger partial charge >= 0.3 is 18.9 Å². The van der Waals surface area contributed by atoms with Gasteiger partial charge in [-0.15, -0.1) is 35.8 Å². The Morgan fingerprint density at radius 3 is 2.62 bits per heavy atom. The molecule has 0 heterocycles. The van der Waals surface area contributed by atoms with Gasteiger partial charge in [0.05, 0.1) is 0 Å². The van der Waals surface area contributed by atoms with Crippen LogP contribution >= 0.6 is 0 Å². The molecule has 1 aliphatic carbocycles. The van der Waals surface area contributed by atoms with Crippen molar-refractivity contribution in [1.29, 1.82) is 0 Å². The Bertz CT molecular complexity index is 579. The van der Waals surface area contributed by atoms with Gasteiger partial charge in [-0.05, 0) is 10.8 Å². The third-order valence-corrected chi connectivity index (χ3v) is 2.81. The van der Waals surface area contributed by atoms with Crippen molar-refractivity contribution in [1.82, 2.24) is 0 Å². The van der Waals surface area contributed by atoms with Gasteiger partial charge in [-0.25, -0.2) is 0 Å². The summed E-state index contributed by atoms with van der Waals surface area (Å²) in [5.74, 6) is 0. The SMILES string of the molecule is C=C1C=Cc2c(ccc3ccccc23)[CH-]1.[Li+]. The van der Waals surface area contributed by atoms with E-state index in [1.165, 1.54) is 21.9 Å². The van der Waals surface area contributed by atoms with Crippen LogP contribution in [0.25, 0.3) is 16.8 Å². The minimum absolute atomic E-state index is 0. The van der Waals surface area contributed by atoms with Crippen LogP contribution in [0.3, 0.4) is 0 Å². The predicted molar refractivity (Wildman–Crippen MR) is 65.5 cm³/mol. The Morgan fingerprint density at radius 2 is 1.75 bits per heavy atom. The van der Waals surface area contributed by atoms with Crippen LogP contribution in [0.5, 0.6) is 0 Å². The molecule has 0 nitrogen and oxygen atoms in total. The quantitative estimate of drug-likeness (QED) is 0.437. The fourth-order valence-electron chi connectivity index (χ4n) is 2.06. The molecule has 0 aromatic heterocycles. The minimum Gasteiger partial charge on any atom is -0.155 e. The van der Waals surface area contributed by atoms with Crippen LogP contribution in [-0.2, 0) is 0 Å². The maximum Gasteiger partial charge on any atom is 1.00 e. The Kier molecular flexibility index (Phi) is 2.96. The standard InChI is InChI=1S/C15H11.Li/c1-11-6-9-15-13(10-11)8-7-12-4-2-3-5-14(12)15;/h2-10H,1H2;/q-1;+1. The molecule has 0 amide bonds. The Hall–Kier alpha value is -1.35. The van der Waals surface area contributed by atoms with Crippen LogP contribution in [-0.4, -0.2) is 0 Å². The van der Waals surface area contributed by atoms with Crippen LogP contribution in [0.1, 0.15) is 11.1 Å². The first-order valence-electron chi connectivity index (χ1n) is 5.08. The first-order chi connectivity index (χ1) is 7.34. The third-order valence-electron chi connectivity index (χ3n) is 2.81. The summed E-state index contributed by atoms with van der Waals surface area (Å²) in [5, 5.41) is 2.61. The molecule has 1 heteroatoms. The maximum atomic E-state index is 3.95. The van der Waals surface area contributed by atoms with Crippen molar-refractivity contribution in [3.8, 4) is 0 Å². The molecule has 0 atom stereocenters. The van der Waals surface area contributed by atoms with Gasteiger partial charge in [-0.2, -0.15) is 6.58 Å². The van der Waals surface area contributed by atoms with Gasteiger partial charge in [-0.1, -0.05) is 35.9 Å². The smallest absolute Gasteiger partial charge is 0.155 e. The molecular weight excluding hydrogens is 187 g/mol. The van der Waals surface area contributed by atoms with Crippen LogP contribution in [0.15, 0.2) is 54.6 Å². The molecule has 16 heavy (non-hydrogen) atoms. The molecule has 0 N–H and O–H groups in total. The molecule has 0 spiro atoms. The predicted octanol–water partition coefficient (Wildman–Crippen LogP) is 0.979. The van der Waals surface area contributed by atoms with Gasteiger partial charge in [0.1, 0.15) is 0 Å². The molecule has 3 rings (SSSR count). The van der Waals surface area contributed by atoms with Gasteiger partial charge in [0.15, 0.2) is 0 Å².